The number of nitrogens with two attached hydrogens (primary N) is 1. The minimum atomic E-state index is -4.42. The monoisotopic (exact) mass is 399 g/mol. The molecule has 0 saturated heterocycles. The van der Waals surface area contributed by atoms with Gasteiger partial charge >= 0.3 is 0 Å². The Kier molecular flexibility index (Phi) is 4.84. The van der Waals surface area contributed by atoms with Gasteiger partial charge in [0.2, 0.25) is 10.0 Å². The van der Waals surface area contributed by atoms with Crippen molar-refractivity contribution in [2.45, 2.75) is 24.2 Å². The van der Waals surface area contributed by atoms with Crippen molar-refractivity contribution in [3.63, 3.8) is 0 Å². The van der Waals surface area contributed by atoms with Crippen LogP contribution in [-0.4, -0.2) is 15.0 Å². The van der Waals surface area contributed by atoms with Gasteiger partial charge in [-0.15, -0.1) is 0 Å². The summed E-state index contributed by atoms with van der Waals surface area (Å²) < 4.78 is 78.7. The molecule has 1 aliphatic rings. The predicted molar refractivity (Wildman–Crippen MR) is 89.2 cm³/mol. The molecule has 0 radical (unpaired) electrons. The zero-order valence-corrected chi connectivity index (χ0v) is 14.5. The van der Waals surface area contributed by atoms with Crippen molar-refractivity contribution in [1.82, 2.24) is 0 Å². The molecule has 0 amide bonds. The first-order chi connectivity index (χ1) is 12.6. The topological polar surface area (TPSA) is 87.2 Å². The number of rotatable bonds is 3. The highest BCUT2D eigenvalue weighted by molar-refractivity contribution is 7.89. The van der Waals surface area contributed by atoms with Gasteiger partial charge in [0, 0.05) is 12.6 Å². The number of hydrogen-bond acceptors (Lipinski definition) is 4. The van der Waals surface area contributed by atoms with E-state index in [1.807, 2.05) is 0 Å². The number of fused-ring (bicyclic) bond motifs is 1. The van der Waals surface area contributed by atoms with Crippen molar-refractivity contribution in [3.05, 3.63) is 52.6 Å². The first-order valence-electron chi connectivity index (χ1n) is 7.78. The molecular formula is C17H13F4N3O2S. The van der Waals surface area contributed by atoms with Crippen LogP contribution < -0.4 is 10.0 Å². The van der Waals surface area contributed by atoms with E-state index >= 15 is 0 Å². The van der Waals surface area contributed by atoms with Crippen LogP contribution in [0.4, 0.5) is 28.9 Å². The molecule has 2 aromatic carbocycles. The first-order valence-corrected chi connectivity index (χ1v) is 9.33. The maximum Gasteiger partial charge on any atom is 0.267 e. The van der Waals surface area contributed by atoms with Gasteiger partial charge in [0.15, 0.2) is 0 Å². The number of primary sulfonamides is 1. The highest BCUT2D eigenvalue weighted by Gasteiger charge is 2.31. The summed E-state index contributed by atoms with van der Waals surface area (Å²) in [5.74, 6) is -1.72. The number of aryl methyl sites for hydroxylation is 1. The molecule has 5 nitrogen and oxygen atoms in total. The van der Waals surface area contributed by atoms with E-state index in [-0.39, 0.29) is 17.9 Å². The van der Waals surface area contributed by atoms with Gasteiger partial charge in [-0.05, 0) is 36.6 Å². The zero-order valence-electron chi connectivity index (χ0n) is 13.7. The number of halogens is 4. The van der Waals surface area contributed by atoms with E-state index in [0.717, 1.165) is 18.2 Å². The maximum atomic E-state index is 14.4. The summed E-state index contributed by atoms with van der Waals surface area (Å²) in [6, 6.07) is 5.21. The molecule has 142 valence electrons. The summed E-state index contributed by atoms with van der Waals surface area (Å²) in [6.45, 7) is 0.134. The second-order valence-corrected chi connectivity index (χ2v) is 7.51. The third-order valence-electron chi connectivity index (χ3n) is 4.32. The van der Waals surface area contributed by atoms with Gasteiger partial charge in [0.25, 0.3) is 6.43 Å². The molecular weight excluding hydrogens is 386 g/mol. The van der Waals surface area contributed by atoms with E-state index in [1.54, 1.807) is 0 Å². The van der Waals surface area contributed by atoms with Crippen molar-refractivity contribution < 1.29 is 26.0 Å². The molecule has 0 saturated carbocycles. The van der Waals surface area contributed by atoms with Crippen LogP contribution in [-0.2, 0) is 16.4 Å². The van der Waals surface area contributed by atoms with Crippen LogP contribution in [0.25, 0.3) is 0 Å². The van der Waals surface area contributed by atoms with E-state index in [4.69, 9.17) is 5.14 Å². The Morgan fingerprint density at radius 3 is 2.52 bits per heavy atom. The lowest BCUT2D eigenvalue weighted by Crippen LogP contribution is -2.28. The van der Waals surface area contributed by atoms with Gasteiger partial charge in [-0.2, -0.15) is 5.26 Å². The van der Waals surface area contributed by atoms with Gasteiger partial charge < -0.3 is 4.90 Å². The Balaban J connectivity index is 2.31. The Bertz CT molecular complexity index is 1060. The molecule has 27 heavy (non-hydrogen) atoms. The maximum absolute atomic E-state index is 14.4. The minimum absolute atomic E-state index is 0.0724. The summed E-state index contributed by atoms with van der Waals surface area (Å²) in [5.41, 5.74) is -1.65. The Labute approximate surface area is 152 Å². The largest absolute Gasteiger partial charge is 0.338 e. The summed E-state index contributed by atoms with van der Waals surface area (Å²) in [5, 5.41) is 14.3. The molecule has 0 atom stereocenters. The minimum Gasteiger partial charge on any atom is -0.338 e. The Morgan fingerprint density at radius 2 is 1.93 bits per heavy atom. The number of anilines is 2. The van der Waals surface area contributed by atoms with Gasteiger partial charge in [0.05, 0.1) is 22.5 Å². The quantitative estimate of drug-likeness (QED) is 0.801. The van der Waals surface area contributed by atoms with Crippen LogP contribution in [0.1, 0.15) is 29.5 Å². The highest BCUT2D eigenvalue weighted by atomic mass is 32.2. The normalized spacial score (nSPS) is 14.2. The van der Waals surface area contributed by atoms with Gasteiger partial charge in [-0.1, -0.05) is 0 Å². The van der Waals surface area contributed by atoms with E-state index in [0.29, 0.717) is 24.5 Å². The number of alkyl halides is 2. The average molecular weight is 399 g/mol. The van der Waals surface area contributed by atoms with Crippen LogP contribution in [0.15, 0.2) is 29.2 Å². The van der Waals surface area contributed by atoms with E-state index in [9.17, 15) is 31.2 Å². The second kappa shape index (κ2) is 6.83. The van der Waals surface area contributed by atoms with Crippen molar-refractivity contribution in [2.24, 2.45) is 5.14 Å². The summed E-state index contributed by atoms with van der Waals surface area (Å²) in [4.78, 5) is 0.476. The predicted octanol–water partition coefficient (Wildman–Crippen LogP) is 3.51. The van der Waals surface area contributed by atoms with Crippen molar-refractivity contribution >= 4 is 21.4 Å². The smallest absolute Gasteiger partial charge is 0.267 e. The molecule has 0 aromatic heterocycles. The number of benzene rings is 2. The number of sulfonamides is 1. The molecule has 0 fully saturated rings. The molecule has 3 rings (SSSR count). The van der Waals surface area contributed by atoms with Crippen molar-refractivity contribution in [2.75, 3.05) is 11.4 Å². The molecule has 0 unspecified atom stereocenters. The summed E-state index contributed by atoms with van der Waals surface area (Å²) in [7, 11) is -4.42. The van der Waals surface area contributed by atoms with Gasteiger partial charge in [0.1, 0.15) is 22.6 Å². The highest BCUT2D eigenvalue weighted by Crippen LogP contribution is 2.42. The molecule has 0 spiro atoms. The molecule has 2 N–H and O–H groups in total. The lowest BCUT2D eigenvalue weighted by Gasteiger charge is -2.33. The molecule has 0 bridgehead atoms. The lowest BCUT2D eigenvalue weighted by atomic mass is 9.98. The van der Waals surface area contributed by atoms with Crippen LogP contribution >= 0.6 is 0 Å². The van der Waals surface area contributed by atoms with Crippen molar-refractivity contribution in [3.8, 4) is 6.07 Å². The fourth-order valence-corrected chi connectivity index (χ4v) is 3.99. The SMILES string of the molecule is N#Cc1c(S(N)(=O)=O)ccc(N2CCCc3cc(F)cc(F)c32)c1C(F)F. The third-order valence-corrected chi connectivity index (χ3v) is 5.27. The number of nitriles is 1. The van der Waals surface area contributed by atoms with E-state index in [1.165, 1.54) is 11.0 Å². The fourth-order valence-electron chi connectivity index (χ4n) is 3.29. The molecule has 1 aliphatic heterocycles. The van der Waals surface area contributed by atoms with Crippen LogP contribution in [0.3, 0.4) is 0 Å². The zero-order chi connectivity index (χ0) is 19.9. The third kappa shape index (κ3) is 3.36. The van der Waals surface area contributed by atoms with Crippen LogP contribution in [0.2, 0.25) is 0 Å². The van der Waals surface area contributed by atoms with E-state index in [2.05, 4.69) is 0 Å². The second-order valence-electron chi connectivity index (χ2n) is 5.98. The fraction of sp³-hybridized carbons (Fsp3) is 0.235. The van der Waals surface area contributed by atoms with Crippen LogP contribution in [0.5, 0.6) is 0 Å². The number of hydrogen-bond donors (Lipinski definition) is 1. The molecule has 2 aromatic rings. The summed E-state index contributed by atoms with van der Waals surface area (Å²) in [6.07, 6.45) is -2.44. The molecule has 1 heterocycles. The number of nitrogens with zero attached hydrogens (tertiary/aromatic N) is 2. The molecule has 10 heteroatoms. The average Bonchev–Trinajstić information content (AvgIpc) is 2.58. The standard InChI is InChI=1S/C17H13F4N3O2S/c18-10-6-9-2-1-5-24(16(9)12(19)7-10)13-3-4-14(27(23,25)26)11(8-22)15(13)17(20)21/h3-4,6-7,17H,1-2,5H2,(H2,23,25,26). The van der Waals surface area contributed by atoms with Crippen molar-refractivity contribution in [1.29, 1.82) is 5.26 Å². The van der Waals surface area contributed by atoms with E-state index < -0.39 is 44.1 Å². The van der Waals surface area contributed by atoms with Gasteiger partial charge in [-0.25, -0.2) is 31.1 Å². The Morgan fingerprint density at radius 1 is 1.22 bits per heavy atom. The lowest BCUT2D eigenvalue weighted by molar-refractivity contribution is 0.151. The first kappa shape index (κ1) is 19.1. The van der Waals surface area contributed by atoms with Gasteiger partial charge in [-0.3, -0.25) is 0 Å². The Hall–Kier alpha value is -2.64. The van der Waals surface area contributed by atoms with Crippen LogP contribution in [0, 0.1) is 23.0 Å². The summed E-state index contributed by atoms with van der Waals surface area (Å²) >= 11 is 0. The molecule has 0 aliphatic carbocycles.